The number of nitrogens with zero attached hydrogens (tertiary/aromatic N) is 2. The maximum atomic E-state index is 12.6. The van der Waals surface area contributed by atoms with Gasteiger partial charge in [0.05, 0.1) is 24.0 Å². The van der Waals surface area contributed by atoms with E-state index in [2.05, 4.69) is 32.5 Å². The molecule has 6 heteroatoms. The lowest BCUT2D eigenvalue weighted by Crippen LogP contribution is -2.47. The molecule has 1 atom stereocenters. The number of benzene rings is 2. The Morgan fingerprint density at radius 2 is 2.12 bits per heavy atom. The average molecular weight is 336 g/mol. The van der Waals surface area contributed by atoms with Crippen molar-refractivity contribution in [2.75, 3.05) is 25.0 Å². The Kier molecular flexibility index (Phi) is 4.45. The largest absolute Gasteiger partial charge is 0.366 e. The minimum absolute atomic E-state index is 0.125. The summed E-state index contributed by atoms with van der Waals surface area (Å²) in [4.78, 5) is 14.9. The van der Waals surface area contributed by atoms with Crippen molar-refractivity contribution >= 4 is 22.5 Å². The van der Waals surface area contributed by atoms with Crippen molar-refractivity contribution in [3.05, 3.63) is 60.3 Å². The molecule has 1 saturated heterocycles. The molecule has 1 aromatic heterocycles. The van der Waals surface area contributed by atoms with E-state index in [-0.39, 0.29) is 5.91 Å². The molecule has 2 heterocycles. The van der Waals surface area contributed by atoms with E-state index in [9.17, 15) is 4.79 Å². The number of nitrogens with one attached hydrogen (secondary N) is 2. The molecule has 4 rings (SSSR count). The van der Waals surface area contributed by atoms with Crippen LogP contribution in [0.1, 0.15) is 5.56 Å². The molecule has 0 aliphatic carbocycles. The van der Waals surface area contributed by atoms with E-state index in [1.54, 1.807) is 6.20 Å². The number of morpholine rings is 1. The van der Waals surface area contributed by atoms with Crippen molar-refractivity contribution in [2.24, 2.45) is 0 Å². The third-order valence-corrected chi connectivity index (χ3v) is 4.43. The molecule has 1 aliphatic heterocycles. The van der Waals surface area contributed by atoms with Crippen molar-refractivity contribution in [2.45, 2.75) is 12.6 Å². The van der Waals surface area contributed by atoms with Crippen molar-refractivity contribution in [1.29, 1.82) is 0 Å². The Morgan fingerprint density at radius 3 is 3.00 bits per heavy atom. The van der Waals surface area contributed by atoms with Gasteiger partial charge in [-0.1, -0.05) is 42.5 Å². The van der Waals surface area contributed by atoms with E-state index < -0.39 is 6.10 Å². The Balaban J connectivity index is 1.42. The Morgan fingerprint density at radius 1 is 1.24 bits per heavy atom. The first kappa shape index (κ1) is 15.8. The third kappa shape index (κ3) is 3.55. The summed E-state index contributed by atoms with van der Waals surface area (Å²) >= 11 is 0. The number of aromatic nitrogens is 2. The highest BCUT2D eigenvalue weighted by molar-refractivity contribution is 6.01. The molecule has 1 fully saturated rings. The van der Waals surface area contributed by atoms with Crippen LogP contribution in [0.25, 0.3) is 10.9 Å². The molecule has 0 radical (unpaired) electrons. The fourth-order valence-corrected chi connectivity index (χ4v) is 3.13. The molecular weight excluding hydrogens is 316 g/mol. The summed E-state index contributed by atoms with van der Waals surface area (Å²) in [5.41, 5.74) is 2.79. The highest BCUT2D eigenvalue weighted by Crippen LogP contribution is 2.21. The summed E-state index contributed by atoms with van der Waals surface area (Å²) < 4.78 is 5.69. The van der Waals surface area contributed by atoms with Crippen LogP contribution in [0.4, 0.5) is 5.69 Å². The Labute approximate surface area is 145 Å². The van der Waals surface area contributed by atoms with E-state index in [0.29, 0.717) is 13.2 Å². The molecule has 2 aromatic carbocycles. The smallest absolute Gasteiger partial charge is 0.254 e. The number of hydrogen-bond acceptors (Lipinski definition) is 4. The maximum Gasteiger partial charge on any atom is 0.254 e. The number of anilines is 1. The lowest BCUT2D eigenvalue weighted by molar-refractivity contribution is -0.133. The number of H-pyrrole nitrogens is 1. The van der Waals surface area contributed by atoms with Crippen LogP contribution < -0.4 is 5.32 Å². The van der Waals surface area contributed by atoms with Crippen molar-refractivity contribution in [1.82, 2.24) is 15.1 Å². The Bertz CT molecular complexity index is 862. The van der Waals surface area contributed by atoms with Crippen molar-refractivity contribution in [3.63, 3.8) is 0 Å². The van der Waals surface area contributed by atoms with E-state index in [1.807, 2.05) is 36.4 Å². The molecular formula is C19H20N4O2. The number of carbonyl (C=O) groups is 1. The summed E-state index contributed by atoms with van der Waals surface area (Å²) in [6.45, 7) is 2.79. The van der Waals surface area contributed by atoms with Gasteiger partial charge >= 0.3 is 0 Å². The second-order valence-electron chi connectivity index (χ2n) is 6.21. The number of carbonyl (C=O) groups excluding carboxylic acids is 1. The molecule has 1 amide bonds. The van der Waals surface area contributed by atoms with Crippen molar-refractivity contribution < 1.29 is 9.53 Å². The molecule has 0 spiro atoms. The summed E-state index contributed by atoms with van der Waals surface area (Å²) in [5.74, 6) is -0.125. The van der Waals surface area contributed by atoms with Gasteiger partial charge in [0, 0.05) is 25.0 Å². The number of para-hydroxylation sites is 1. The van der Waals surface area contributed by atoms with Gasteiger partial charge in [-0.3, -0.25) is 14.8 Å². The molecule has 1 aliphatic rings. The first-order chi connectivity index (χ1) is 12.3. The minimum atomic E-state index is -0.476. The number of aromatic amines is 1. The van der Waals surface area contributed by atoms with Gasteiger partial charge in [0.2, 0.25) is 0 Å². The highest BCUT2D eigenvalue weighted by Gasteiger charge is 2.27. The zero-order valence-electron chi connectivity index (χ0n) is 13.8. The van der Waals surface area contributed by atoms with Gasteiger partial charge in [-0.2, -0.15) is 5.10 Å². The fraction of sp³-hybridized carbons (Fsp3) is 0.263. The standard InChI is InChI=1S/C19H20N4O2/c24-19(21-16-8-4-7-15-11-20-22-18(15)16)17-13-23(9-10-25-17)12-14-5-2-1-3-6-14/h1-8,11,17H,9-10,12-13H2,(H,20,22)(H,21,24)/t17-/m1/s1. The zero-order chi connectivity index (χ0) is 17.1. The first-order valence-electron chi connectivity index (χ1n) is 8.40. The third-order valence-electron chi connectivity index (χ3n) is 4.43. The van der Waals surface area contributed by atoms with Crippen LogP contribution in [0.2, 0.25) is 0 Å². The lowest BCUT2D eigenvalue weighted by atomic mass is 10.1. The van der Waals surface area contributed by atoms with Crippen LogP contribution in [0.15, 0.2) is 54.7 Å². The minimum Gasteiger partial charge on any atom is -0.366 e. The van der Waals surface area contributed by atoms with Crippen molar-refractivity contribution in [3.8, 4) is 0 Å². The normalized spacial score (nSPS) is 18.3. The zero-order valence-corrected chi connectivity index (χ0v) is 13.8. The monoisotopic (exact) mass is 336 g/mol. The van der Waals surface area contributed by atoms with Gasteiger partial charge in [-0.25, -0.2) is 0 Å². The van der Waals surface area contributed by atoms with Gasteiger partial charge in [-0.15, -0.1) is 0 Å². The maximum absolute atomic E-state index is 12.6. The number of amides is 1. The van der Waals surface area contributed by atoms with E-state index in [1.165, 1.54) is 5.56 Å². The van der Waals surface area contributed by atoms with Gasteiger partial charge in [0.1, 0.15) is 6.10 Å². The highest BCUT2D eigenvalue weighted by atomic mass is 16.5. The first-order valence-corrected chi connectivity index (χ1v) is 8.40. The van der Waals surface area contributed by atoms with Crippen LogP contribution >= 0.6 is 0 Å². The number of fused-ring (bicyclic) bond motifs is 1. The predicted molar refractivity (Wildman–Crippen MR) is 96.2 cm³/mol. The summed E-state index contributed by atoms with van der Waals surface area (Å²) in [5, 5.41) is 10.9. The quantitative estimate of drug-likeness (QED) is 0.767. The second-order valence-corrected chi connectivity index (χ2v) is 6.21. The van der Waals surface area contributed by atoms with Crippen LogP contribution in [0.3, 0.4) is 0 Å². The van der Waals surface area contributed by atoms with Gasteiger partial charge < -0.3 is 10.1 Å². The van der Waals surface area contributed by atoms with Crippen LogP contribution in [-0.4, -0.2) is 46.8 Å². The van der Waals surface area contributed by atoms with E-state index in [0.717, 1.165) is 29.7 Å². The molecule has 0 saturated carbocycles. The topological polar surface area (TPSA) is 70.2 Å². The molecule has 2 N–H and O–H groups in total. The second kappa shape index (κ2) is 7.04. The summed E-state index contributed by atoms with van der Waals surface area (Å²) in [6, 6.07) is 16.0. The predicted octanol–water partition coefficient (Wildman–Crippen LogP) is 2.40. The number of hydrogen-bond donors (Lipinski definition) is 2. The molecule has 6 nitrogen and oxygen atoms in total. The Hall–Kier alpha value is -2.70. The van der Waals surface area contributed by atoms with Crippen LogP contribution in [0.5, 0.6) is 0 Å². The van der Waals surface area contributed by atoms with Gasteiger partial charge in [0.15, 0.2) is 0 Å². The van der Waals surface area contributed by atoms with Crippen LogP contribution in [-0.2, 0) is 16.1 Å². The van der Waals surface area contributed by atoms with Crippen LogP contribution in [0, 0.1) is 0 Å². The average Bonchev–Trinajstić information content (AvgIpc) is 3.13. The molecule has 0 bridgehead atoms. The summed E-state index contributed by atoms with van der Waals surface area (Å²) in [7, 11) is 0. The summed E-state index contributed by atoms with van der Waals surface area (Å²) in [6.07, 6.45) is 1.26. The molecule has 3 aromatic rings. The molecule has 25 heavy (non-hydrogen) atoms. The molecule has 0 unspecified atom stereocenters. The van der Waals surface area contributed by atoms with E-state index >= 15 is 0 Å². The molecule has 128 valence electrons. The van der Waals surface area contributed by atoms with Gasteiger partial charge in [-0.05, 0) is 11.6 Å². The SMILES string of the molecule is O=C(Nc1cccc2cn[nH]c12)[C@H]1CN(Cc2ccccc2)CCO1. The fourth-order valence-electron chi connectivity index (χ4n) is 3.13. The van der Waals surface area contributed by atoms with E-state index in [4.69, 9.17) is 4.74 Å². The lowest BCUT2D eigenvalue weighted by Gasteiger charge is -2.32. The number of rotatable bonds is 4. The van der Waals surface area contributed by atoms with Gasteiger partial charge in [0.25, 0.3) is 5.91 Å². The number of ether oxygens (including phenoxy) is 1.